The van der Waals surface area contributed by atoms with Crippen molar-refractivity contribution in [1.29, 1.82) is 0 Å². The molecule has 0 aliphatic heterocycles. The van der Waals surface area contributed by atoms with Crippen LogP contribution in [0.25, 0.3) is 22.0 Å². The molecule has 1 aliphatic rings. The van der Waals surface area contributed by atoms with Gasteiger partial charge in [0.1, 0.15) is 5.75 Å². The Kier molecular flexibility index (Phi) is 6.72. The first-order valence-electron chi connectivity index (χ1n) is 11.6. The van der Waals surface area contributed by atoms with Crippen molar-refractivity contribution in [3.05, 3.63) is 47.4 Å². The van der Waals surface area contributed by atoms with Gasteiger partial charge in [0.15, 0.2) is 0 Å². The van der Waals surface area contributed by atoms with Crippen LogP contribution in [0.3, 0.4) is 0 Å². The fourth-order valence-electron chi connectivity index (χ4n) is 5.25. The number of nitrogens with zero attached hydrogens (tertiary/aromatic N) is 4. The predicted molar refractivity (Wildman–Crippen MR) is 131 cm³/mol. The number of carboxylic acid groups (broad SMARTS) is 1. The number of benzene rings is 1. The lowest BCUT2D eigenvalue weighted by molar-refractivity contribution is 0.0696. The second-order valence-corrected chi connectivity index (χ2v) is 9.65. The zero-order valence-corrected chi connectivity index (χ0v) is 20.0. The van der Waals surface area contributed by atoms with Crippen LogP contribution in [-0.2, 0) is 13.1 Å². The molecule has 176 valence electrons. The van der Waals surface area contributed by atoms with E-state index in [-0.39, 0.29) is 11.8 Å². The first-order valence-corrected chi connectivity index (χ1v) is 11.6. The molecule has 0 saturated heterocycles. The van der Waals surface area contributed by atoms with E-state index in [1.807, 2.05) is 56.2 Å². The van der Waals surface area contributed by atoms with Gasteiger partial charge in [-0.25, -0.2) is 4.79 Å². The van der Waals surface area contributed by atoms with Crippen LogP contribution in [0.2, 0.25) is 0 Å². The van der Waals surface area contributed by atoms with E-state index in [9.17, 15) is 15.0 Å². The molecule has 1 aliphatic carbocycles. The molecule has 33 heavy (non-hydrogen) atoms. The average molecular weight is 451 g/mol. The summed E-state index contributed by atoms with van der Waals surface area (Å²) in [6, 6.07) is 6.01. The molecule has 2 aromatic heterocycles. The van der Waals surface area contributed by atoms with Gasteiger partial charge in [-0.3, -0.25) is 4.98 Å². The molecule has 0 atom stereocenters. The minimum absolute atomic E-state index is 0.129. The van der Waals surface area contributed by atoms with Crippen LogP contribution in [-0.4, -0.2) is 63.7 Å². The van der Waals surface area contributed by atoms with E-state index in [0.29, 0.717) is 35.2 Å². The summed E-state index contributed by atoms with van der Waals surface area (Å²) in [6.07, 6.45) is 9.04. The predicted octanol–water partition coefficient (Wildman–Crippen LogP) is 4.74. The Balaban J connectivity index is 2.13. The monoisotopic (exact) mass is 450 g/mol. The molecule has 1 aromatic carbocycles. The fraction of sp³-hybridized carbons (Fsp3) is 0.462. The van der Waals surface area contributed by atoms with Gasteiger partial charge in [0.25, 0.3) is 0 Å². The zero-order valence-electron chi connectivity index (χ0n) is 20.0. The van der Waals surface area contributed by atoms with Crippen LogP contribution in [0.5, 0.6) is 5.75 Å². The summed E-state index contributed by atoms with van der Waals surface area (Å²) in [5, 5.41) is 22.5. The highest BCUT2D eigenvalue weighted by molar-refractivity contribution is 6.09. The van der Waals surface area contributed by atoms with Crippen molar-refractivity contribution in [2.45, 2.75) is 51.2 Å². The zero-order chi connectivity index (χ0) is 23.7. The van der Waals surface area contributed by atoms with Gasteiger partial charge in [0.2, 0.25) is 0 Å². The van der Waals surface area contributed by atoms with Crippen LogP contribution in [0, 0.1) is 0 Å². The molecular weight excluding hydrogens is 416 g/mol. The Hall–Kier alpha value is -2.90. The van der Waals surface area contributed by atoms with Gasteiger partial charge in [-0.2, -0.15) is 0 Å². The first kappa shape index (κ1) is 23.3. The first-order chi connectivity index (χ1) is 15.8. The lowest BCUT2D eigenvalue weighted by Gasteiger charge is -2.28. The summed E-state index contributed by atoms with van der Waals surface area (Å²) in [4.78, 5) is 20.9. The van der Waals surface area contributed by atoms with Crippen molar-refractivity contribution < 1.29 is 15.0 Å². The van der Waals surface area contributed by atoms with Gasteiger partial charge in [0.05, 0.1) is 11.1 Å². The minimum Gasteiger partial charge on any atom is -0.507 e. The lowest BCUT2D eigenvalue weighted by Crippen LogP contribution is -2.21. The highest BCUT2D eigenvalue weighted by Crippen LogP contribution is 2.44. The van der Waals surface area contributed by atoms with Crippen molar-refractivity contribution >= 4 is 16.9 Å². The second kappa shape index (κ2) is 9.53. The number of carboxylic acids is 1. The maximum atomic E-state index is 12.7. The Bertz CT molecular complexity index is 1150. The number of hydrogen-bond donors (Lipinski definition) is 2. The van der Waals surface area contributed by atoms with E-state index in [1.54, 1.807) is 12.4 Å². The molecule has 3 aromatic rings. The molecule has 7 heteroatoms. The second-order valence-electron chi connectivity index (χ2n) is 9.65. The summed E-state index contributed by atoms with van der Waals surface area (Å²) >= 11 is 0. The van der Waals surface area contributed by atoms with E-state index >= 15 is 0 Å². The quantitative estimate of drug-likeness (QED) is 0.541. The number of aromatic hydroxyl groups is 1. The summed E-state index contributed by atoms with van der Waals surface area (Å²) < 4.78 is 2.27. The highest BCUT2D eigenvalue weighted by Gasteiger charge is 2.31. The molecular formula is C26H34N4O3. The third kappa shape index (κ3) is 4.48. The summed E-state index contributed by atoms with van der Waals surface area (Å²) in [6.45, 7) is 0.962. The number of rotatable bonds is 7. The molecule has 0 radical (unpaired) electrons. The van der Waals surface area contributed by atoms with Crippen LogP contribution >= 0.6 is 0 Å². The molecule has 0 bridgehead atoms. The lowest BCUT2D eigenvalue weighted by atomic mass is 9.94. The summed E-state index contributed by atoms with van der Waals surface area (Å²) in [5.41, 5.74) is 4.19. The number of aromatic carboxylic acids is 1. The number of carbonyl (C=O) groups is 1. The number of pyridine rings is 1. The van der Waals surface area contributed by atoms with Crippen molar-refractivity contribution in [3.63, 3.8) is 0 Å². The van der Waals surface area contributed by atoms with Crippen LogP contribution < -0.4 is 0 Å². The Morgan fingerprint density at radius 3 is 2.39 bits per heavy atom. The number of aromatic nitrogens is 2. The van der Waals surface area contributed by atoms with Gasteiger partial charge in [-0.1, -0.05) is 25.3 Å². The summed E-state index contributed by atoms with van der Waals surface area (Å²) in [7, 11) is 7.80. The maximum absolute atomic E-state index is 12.7. The molecule has 4 rings (SSSR count). The van der Waals surface area contributed by atoms with Crippen molar-refractivity contribution in [3.8, 4) is 16.9 Å². The number of fused-ring (bicyclic) bond motifs is 1. The Morgan fingerprint density at radius 1 is 1.12 bits per heavy atom. The average Bonchev–Trinajstić information content (AvgIpc) is 3.09. The van der Waals surface area contributed by atoms with Gasteiger partial charge in [-0.15, -0.1) is 0 Å². The minimum atomic E-state index is -0.944. The maximum Gasteiger partial charge on any atom is 0.338 e. The van der Waals surface area contributed by atoms with E-state index in [4.69, 9.17) is 0 Å². The van der Waals surface area contributed by atoms with Crippen molar-refractivity contribution in [2.24, 2.45) is 0 Å². The molecule has 7 nitrogen and oxygen atoms in total. The molecule has 1 fully saturated rings. The van der Waals surface area contributed by atoms with Gasteiger partial charge in [-0.05, 0) is 53.2 Å². The molecule has 1 saturated carbocycles. The molecule has 0 unspecified atom stereocenters. The van der Waals surface area contributed by atoms with Gasteiger partial charge < -0.3 is 24.6 Å². The van der Waals surface area contributed by atoms with E-state index in [1.165, 1.54) is 6.42 Å². The Labute approximate surface area is 195 Å². The smallest absolute Gasteiger partial charge is 0.338 e. The topological polar surface area (TPSA) is 81.8 Å². The van der Waals surface area contributed by atoms with Crippen LogP contribution in [0.4, 0.5) is 0 Å². The number of phenols is 1. The normalized spacial score (nSPS) is 15.1. The van der Waals surface area contributed by atoms with Crippen LogP contribution in [0.1, 0.15) is 59.8 Å². The number of hydrogen-bond acceptors (Lipinski definition) is 5. The Morgan fingerprint density at radius 2 is 1.82 bits per heavy atom. The fourth-order valence-corrected chi connectivity index (χ4v) is 5.25. The van der Waals surface area contributed by atoms with Gasteiger partial charge in [0, 0.05) is 59.3 Å². The third-order valence-corrected chi connectivity index (χ3v) is 6.54. The largest absolute Gasteiger partial charge is 0.507 e. The van der Waals surface area contributed by atoms with Crippen LogP contribution in [0.15, 0.2) is 30.6 Å². The molecule has 2 heterocycles. The summed E-state index contributed by atoms with van der Waals surface area (Å²) in [5.74, 6) is -0.816. The molecule has 0 spiro atoms. The standard InChI is InChI=1S/C26H34N4O3/c1-28(2)15-20-23-21(13-19(25(20)31)17-9-8-12-27-14-17)30(18-10-6-5-7-11-18)22(16-29(3)4)24(23)26(32)33/h8-9,12-14,18,31H,5-7,10-11,15-16H2,1-4H3,(H,32,33). The highest BCUT2D eigenvalue weighted by atomic mass is 16.4. The van der Waals surface area contributed by atoms with Crippen molar-refractivity contribution in [2.75, 3.05) is 28.2 Å². The SMILES string of the molecule is CN(C)Cc1c(O)c(-c2cccnc2)cc2c1c(C(=O)O)c(CN(C)C)n2C1CCCCC1. The molecule has 0 amide bonds. The van der Waals surface area contributed by atoms with E-state index in [2.05, 4.69) is 9.55 Å². The van der Waals surface area contributed by atoms with Crippen molar-refractivity contribution in [1.82, 2.24) is 19.4 Å². The van der Waals surface area contributed by atoms with E-state index < -0.39 is 5.97 Å². The van der Waals surface area contributed by atoms with E-state index in [0.717, 1.165) is 42.5 Å². The third-order valence-electron chi connectivity index (χ3n) is 6.54. The number of phenolic OH excluding ortho intramolecular Hbond substituents is 1. The van der Waals surface area contributed by atoms with Gasteiger partial charge >= 0.3 is 5.97 Å². The molecule has 2 N–H and O–H groups in total.